The first-order chi connectivity index (χ1) is 12.5. The average Bonchev–Trinajstić information content (AvgIpc) is 2.85. The minimum absolute atomic E-state index is 0.0719. The number of rotatable bonds is 3. The molecule has 1 aliphatic carbocycles. The van der Waals surface area contributed by atoms with E-state index < -0.39 is 12.0 Å². The highest BCUT2D eigenvalue weighted by atomic mass is 35.5. The van der Waals surface area contributed by atoms with E-state index in [2.05, 4.69) is 10.6 Å². The smallest absolute Gasteiger partial charge is 0.338 e. The van der Waals surface area contributed by atoms with Gasteiger partial charge in [-0.15, -0.1) is 0 Å². The third-order valence-electron chi connectivity index (χ3n) is 4.84. The quantitative estimate of drug-likeness (QED) is 0.564. The minimum atomic E-state index is -0.628. The van der Waals surface area contributed by atoms with Crippen molar-refractivity contribution in [1.29, 1.82) is 0 Å². The van der Waals surface area contributed by atoms with Gasteiger partial charge in [0.25, 0.3) is 0 Å². The first kappa shape index (κ1) is 19.1. The van der Waals surface area contributed by atoms with Crippen LogP contribution in [0.5, 0.6) is 0 Å². The molecule has 2 amide bonds. The topological polar surface area (TPSA) is 67.4 Å². The summed E-state index contributed by atoms with van der Waals surface area (Å²) in [5.74, 6) is -0.405. The van der Waals surface area contributed by atoms with Crippen molar-refractivity contribution >= 4 is 35.2 Å². The van der Waals surface area contributed by atoms with E-state index in [1.807, 2.05) is 0 Å². The Morgan fingerprint density at radius 3 is 2.46 bits per heavy atom. The molecule has 0 aromatic heterocycles. The summed E-state index contributed by atoms with van der Waals surface area (Å²) in [6.07, 6.45) is 6.20. The van der Waals surface area contributed by atoms with Gasteiger partial charge in [-0.3, -0.25) is 0 Å². The number of carbonyl (C=O) groups excluding carboxylic acids is 2. The second-order valence-corrected chi connectivity index (χ2v) is 7.58. The standard InChI is InChI=1S/C19H22Cl2N2O3/c1-11-16(18(24)26-13-6-4-2-3-5-7-13)17(23-19(25)22-11)12-8-9-14(20)15(21)10-12/h8-10,13,17H,2-7H2,1H3,(H2,22,23,25)/t17-/m0/s1. The van der Waals surface area contributed by atoms with Crippen LogP contribution >= 0.6 is 23.2 Å². The van der Waals surface area contributed by atoms with Crippen molar-refractivity contribution in [2.24, 2.45) is 0 Å². The van der Waals surface area contributed by atoms with Crippen molar-refractivity contribution in [3.63, 3.8) is 0 Å². The number of esters is 1. The number of amides is 2. The lowest BCUT2D eigenvalue weighted by atomic mass is 9.95. The molecule has 1 heterocycles. The Morgan fingerprint density at radius 1 is 1.12 bits per heavy atom. The Bertz CT molecular complexity index is 740. The maximum Gasteiger partial charge on any atom is 0.338 e. The van der Waals surface area contributed by atoms with Gasteiger partial charge in [0.1, 0.15) is 6.10 Å². The minimum Gasteiger partial charge on any atom is -0.459 e. The van der Waals surface area contributed by atoms with E-state index in [9.17, 15) is 9.59 Å². The molecule has 1 aromatic rings. The Hall–Kier alpha value is -1.72. The van der Waals surface area contributed by atoms with Crippen molar-refractivity contribution in [3.8, 4) is 0 Å². The Labute approximate surface area is 163 Å². The van der Waals surface area contributed by atoms with Crippen LogP contribution in [0.15, 0.2) is 29.5 Å². The van der Waals surface area contributed by atoms with Crippen LogP contribution in [0.25, 0.3) is 0 Å². The van der Waals surface area contributed by atoms with Crippen molar-refractivity contribution in [3.05, 3.63) is 45.1 Å². The first-order valence-electron chi connectivity index (χ1n) is 8.90. The summed E-state index contributed by atoms with van der Waals surface area (Å²) in [5.41, 5.74) is 1.57. The van der Waals surface area contributed by atoms with Gasteiger partial charge in [-0.2, -0.15) is 0 Å². The predicted octanol–water partition coefficient (Wildman–Crippen LogP) is 4.89. The number of nitrogens with one attached hydrogen (secondary N) is 2. The van der Waals surface area contributed by atoms with Gasteiger partial charge in [0.2, 0.25) is 0 Å². The monoisotopic (exact) mass is 396 g/mol. The number of ether oxygens (including phenoxy) is 1. The van der Waals surface area contributed by atoms with Gasteiger partial charge >= 0.3 is 12.0 Å². The molecule has 1 saturated carbocycles. The van der Waals surface area contributed by atoms with Crippen LogP contribution in [-0.4, -0.2) is 18.1 Å². The highest BCUT2D eigenvalue weighted by Crippen LogP contribution is 2.32. The van der Waals surface area contributed by atoms with E-state index in [1.165, 1.54) is 12.8 Å². The van der Waals surface area contributed by atoms with Crippen LogP contribution in [0.1, 0.15) is 57.1 Å². The van der Waals surface area contributed by atoms with Crippen molar-refractivity contribution in [2.45, 2.75) is 57.6 Å². The molecule has 3 rings (SSSR count). The summed E-state index contributed by atoms with van der Waals surface area (Å²) in [6.45, 7) is 1.70. The van der Waals surface area contributed by atoms with E-state index in [0.717, 1.165) is 25.7 Å². The second-order valence-electron chi connectivity index (χ2n) is 6.76. The molecule has 0 saturated heterocycles. The zero-order valence-electron chi connectivity index (χ0n) is 14.6. The third kappa shape index (κ3) is 4.33. The zero-order chi connectivity index (χ0) is 18.7. The number of hydrogen-bond acceptors (Lipinski definition) is 3. The molecule has 5 nitrogen and oxygen atoms in total. The van der Waals surface area contributed by atoms with Gasteiger partial charge in [-0.05, 0) is 50.3 Å². The number of hydrogen-bond donors (Lipinski definition) is 2. The molecule has 1 aromatic carbocycles. The molecule has 1 atom stereocenters. The molecule has 0 unspecified atom stereocenters. The number of urea groups is 1. The van der Waals surface area contributed by atoms with Gasteiger partial charge in [0.15, 0.2) is 0 Å². The summed E-state index contributed by atoms with van der Waals surface area (Å²) in [4.78, 5) is 24.8. The number of carbonyl (C=O) groups is 2. The van der Waals surface area contributed by atoms with Crippen molar-refractivity contribution in [2.75, 3.05) is 0 Å². The van der Waals surface area contributed by atoms with Crippen LogP contribution < -0.4 is 10.6 Å². The summed E-state index contributed by atoms with van der Waals surface area (Å²) in [7, 11) is 0. The Kier molecular flexibility index (Phi) is 6.09. The lowest BCUT2D eigenvalue weighted by Gasteiger charge is -2.29. The molecule has 140 valence electrons. The Morgan fingerprint density at radius 2 is 1.81 bits per heavy atom. The zero-order valence-corrected chi connectivity index (χ0v) is 16.1. The second kappa shape index (κ2) is 8.31. The van der Waals surface area contributed by atoms with Gasteiger partial charge in [0.05, 0.1) is 21.7 Å². The fourth-order valence-electron chi connectivity index (χ4n) is 3.48. The Balaban J connectivity index is 1.87. The number of allylic oxidation sites excluding steroid dienone is 1. The lowest BCUT2D eigenvalue weighted by Crippen LogP contribution is -2.45. The fraction of sp³-hybridized carbons (Fsp3) is 0.474. The lowest BCUT2D eigenvalue weighted by molar-refractivity contribution is -0.145. The van der Waals surface area contributed by atoms with Gasteiger partial charge in [-0.1, -0.05) is 42.1 Å². The van der Waals surface area contributed by atoms with Crippen molar-refractivity contribution in [1.82, 2.24) is 10.6 Å². The maximum absolute atomic E-state index is 12.9. The molecule has 26 heavy (non-hydrogen) atoms. The van der Waals surface area contributed by atoms with Crippen LogP contribution in [0, 0.1) is 0 Å². The molecule has 0 radical (unpaired) electrons. The molecule has 1 aliphatic heterocycles. The fourth-order valence-corrected chi connectivity index (χ4v) is 3.79. The largest absolute Gasteiger partial charge is 0.459 e. The summed E-state index contributed by atoms with van der Waals surface area (Å²) < 4.78 is 5.78. The average molecular weight is 397 g/mol. The van der Waals surface area contributed by atoms with E-state index >= 15 is 0 Å². The van der Waals surface area contributed by atoms with Crippen LogP contribution in [0.2, 0.25) is 10.0 Å². The van der Waals surface area contributed by atoms with Gasteiger partial charge in [-0.25, -0.2) is 9.59 Å². The van der Waals surface area contributed by atoms with E-state index in [-0.39, 0.29) is 12.1 Å². The molecule has 0 bridgehead atoms. The van der Waals surface area contributed by atoms with Crippen LogP contribution in [-0.2, 0) is 9.53 Å². The first-order valence-corrected chi connectivity index (χ1v) is 9.65. The van der Waals surface area contributed by atoms with Crippen LogP contribution in [0.3, 0.4) is 0 Å². The SMILES string of the molecule is CC1=C(C(=O)OC2CCCCCC2)[C@H](c2ccc(Cl)c(Cl)c2)NC(=O)N1. The molecule has 2 N–H and O–H groups in total. The normalized spacial score (nSPS) is 21.7. The van der Waals surface area contributed by atoms with Gasteiger partial charge < -0.3 is 15.4 Å². The summed E-state index contributed by atoms with van der Waals surface area (Å²) >= 11 is 12.1. The van der Waals surface area contributed by atoms with E-state index in [1.54, 1.807) is 25.1 Å². The van der Waals surface area contributed by atoms with Crippen molar-refractivity contribution < 1.29 is 14.3 Å². The number of benzene rings is 1. The highest BCUT2D eigenvalue weighted by Gasteiger charge is 2.33. The highest BCUT2D eigenvalue weighted by molar-refractivity contribution is 6.42. The predicted molar refractivity (Wildman–Crippen MR) is 101 cm³/mol. The summed E-state index contributed by atoms with van der Waals surface area (Å²) in [6, 6.07) is 4.06. The molecule has 0 spiro atoms. The molecule has 7 heteroatoms. The summed E-state index contributed by atoms with van der Waals surface area (Å²) in [5, 5.41) is 6.22. The maximum atomic E-state index is 12.9. The van der Waals surface area contributed by atoms with Crippen LogP contribution in [0.4, 0.5) is 4.79 Å². The molecular weight excluding hydrogens is 375 g/mol. The number of halogens is 2. The van der Waals surface area contributed by atoms with E-state index in [4.69, 9.17) is 27.9 Å². The molecule has 1 fully saturated rings. The van der Waals surface area contributed by atoms with Gasteiger partial charge in [0, 0.05) is 5.70 Å². The molecule has 2 aliphatic rings. The third-order valence-corrected chi connectivity index (χ3v) is 5.58. The molecular formula is C19H22Cl2N2O3. The van der Waals surface area contributed by atoms with E-state index in [0.29, 0.717) is 26.9 Å².